The minimum Gasteiger partial charge on any atom is -0.378 e. The van der Waals surface area contributed by atoms with Crippen molar-refractivity contribution < 1.29 is 13.2 Å². The second kappa shape index (κ2) is 8.66. The van der Waals surface area contributed by atoms with Crippen LogP contribution in [-0.4, -0.2) is 46.2 Å². The van der Waals surface area contributed by atoms with Gasteiger partial charge in [0.05, 0.1) is 11.9 Å². The molecule has 1 aromatic heterocycles. The Hall–Kier alpha value is -2.61. The summed E-state index contributed by atoms with van der Waals surface area (Å²) in [6, 6.07) is 10.8. The van der Waals surface area contributed by atoms with Gasteiger partial charge in [-0.25, -0.2) is 8.42 Å². The van der Waals surface area contributed by atoms with Gasteiger partial charge in [-0.15, -0.1) is 0 Å². The summed E-state index contributed by atoms with van der Waals surface area (Å²) in [5.74, 6) is -0.215. The third-order valence-electron chi connectivity index (χ3n) is 3.81. The molecule has 140 valence electrons. The number of amides is 1. The van der Waals surface area contributed by atoms with E-state index < -0.39 is 10.0 Å². The summed E-state index contributed by atoms with van der Waals surface area (Å²) >= 11 is 0. The Labute approximate surface area is 154 Å². The molecule has 0 saturated heterocycles. The first-order valence-electron chi connectivity index (χ1n) is 8.18. The van der Waals surface area contributed by atoms with Crippen LogP contribution >= 0.6 is 0 Å². The second-order valence-electron chi connectivity index (χ2n) is 6.13. The average Bonchev–Trinajstić information content (AvgIpc) is 2.60. The molecule has 0 saturated carbocycles. The summed E-state index contributed by atoms with van der Waals surface area (Å²) in [4.78, 5) is 18.0. The van der Waals surface area contributed by atoms with Crippen molar-refractivity contribution in [2.24, 2.45) is 0 Å². The highest BCUT2D eigenvalue weighted by Crippen LogP contribution is 2.21. The summed E-state index contributed by atoms with van der Waals surface area (Å²) in [6.07, 6.45) is 4.55. The molecule has 1 N–H and O–H groups in total. The van der Waals surface area contributed by atoms with E-state index in [0.717, 1.165) is 17.5 Å². The monoisotopic (exact) mass is 376 g/mol. The van der Waals surface area contributed by atoms with Gasteiger partial charge in [0.1, 0.15) is 0 Å². The molecule has 2 rings (SSSR count). The number of rotatable bonds is 8. The molecule has 26 heavy (non-hydrogen) atoms. The fourth-order valence-electron chi connectivity index (χ4n) is 2.40. The van der Waals surface area contributed by atoms with Crippen molar-refractivity contribution in [3.63, 3.8) is 0 Å². The van der Waals surface area contributed by atoms with E-state index in [1.165, 1.54) is 4.31 Å². The second-order valence-corrected chi connectivity index (χ2v) is 8.04. The van der Waals surface area contributed by atoms with Crippen molar-refractivity contribution in [3.8, 4) is 0 Å². The van der Waals surface area contributed by atoms with Crippen molar-refractivity contribution in [2.75, 3.05) is 36.1 Å². The Kier molecular flexibility index (Phi) is 6.57. The molecule has 2 aromatic rings. The van der Waals surface area contributed by atoms with E-state index >= 15 is 0 Å². The Bertz CT molecular complexity index is 821. The SMILES string of the molecule is CN(C)c1ccc(N(CCC(=O)NCc2cccnc2)S(C)(=O)=O)cc1. The van der Waals surface area contributed by atoms with Crippen LogP contribution in [0.5, 0.6) is 0 Å². The van der Waals surface area contributed by atoms with Crippen LogP contribution in [-0.2, 0) is 21.4 Å². The van der Waals surface area contributed by atoms with Crippen LogP contribution < -0.4 is 14.5 Å². The van der Waals surface area contributed by atoms with Crippen LogP contribution in [0.3, 0.4) is 0 Å². The molecule has 8 heteroatoms. The zero-order valence-corrected chi connectivity index (χ0v) is 16.0. The number of hydrogen-bond acceptors (Lipinski definition) is 5. The number of aromatic nitrogens is 1. The zero-order valence-electron chi connectivity index (χ0n) is 15.2. The number of benzene rings is 1. The number of carbonyl (C=O) groups excluding carboxylic acids is 1. The van der Waals surface area contributed by atoms with Crippen LogP contribution in [0.15, 0.2) is 48.8 Å². The maximum Gasteiger partial charge on any atom is 0.232 e. The van der Waals surface area contributed by atoms with E-state index in [-0.39, 0.29) is 18.9 Å². The normalized spacial score (nSPS) is 11.0. The number of pyridine rings is 1. The molecule has 0 aliphatic heterocycles. The van der Waals surface area contributed by atoms with Crippen molar-refractivity contribution in [1.82, 2.24) is 10.3 Å². The number of nitrogens with zero attached hydrogens (tertiary/aromatic N) is 3. The molecule has 1 heterocycles. The lowest BCUT2D eigenvalue weighted by atomic mass is 10.2. The van der Waals surface area contributed by atoms with Crippen molar-refractivity contribution in [1.29, 1.82) is 0 Å². The minimum atomic E-state index is -3.48. The molecule has 0 fully saturated rings. The number of carbonyl (C=O) groups is 1. The van der Waals surface area contributed by atoms with Gasteiger partial charge in [-0.2, -0.15) is 0 Å². The fourth-order valence-corrected chi connectivity index (χ4v) is 3.33. The van der Waals surface area contributed by atoms with Crippen LogP contribution in [0.1, 0.15) is 12.0 Å². The smallest absolute Gasteiger partial charge is 0.232 e. The summed E-state index contributed by atoms with van der Waals surface area (Å²) in [6.45, 7) is 0.447. The topological polar surface area (TPSA) is 82.6 Å². The number of hydrogen-bond donors (Lipinski definition) is 1. The highest BCUT2D eigenvalue weighted by Gasteiger charge is 2.18. The van der Waals surface area contributed by atoms with E-state index in [9.17, 15) is 13.2 Å². The lowest BCUT2D eigenvalue weighted by molar-refractivity contribution is -0.121. The highest BCUT2D eigenvalue weighted by atomic mass is 32.2. The maximum absolute atomic E-state index is 12.1. The van der Waals surface area contributed by atoms with Crippen LogP contribution in [0, 0.1) is 0 Å². The van der Waals surface area contributed by atoms with Gasteiger partial charge in [-0.3, -0.25) is 14.1 Å². The highest BCUT2D eigenvalue weighted by molar-refractivity contribution is 7.92. The minimum absolute atomic E-state index is 0.0722. The molecule has 1 aromatic carbocycles. The van der Waals surface area contributed by atoms with Crippen LogP contribution in [0.2, 0.25) is 0 Å². The molecule has 0 atom stereocenters. The van der Waals surface area contributed by atoms with Crippen molar-refractivity contribution in [3.05, 3.63) is 54.4 Å². The van der Waals surface area contributed by atoms with E-state index in [4.69, 9.17) is 0 Å². The molecule has 0 radical (unpaired) electrons. The van der Waals surface area contributed by atoms with Gasteiger partial charge >= 0.3 is 0 Å². The standard InChI is InChI=1S/C18H24N4O3S/c1-21(2)16-6-8-17(9-7-16)22(26(3,24)25)12-10-18(23)20-14-15-5-4-11-19-13-15/h4-9,11,13H,10,12,14H2,1-3H3,(H,20,23). The van der Waals surface area contributed by atoms with Gasteiger partial charge in [0.2, 0.25) is 15.9 Å². The van der Waals surface area contributed by atoms with E-state index in [1.807, 2.05) is 37.2 Å². The molecule has 0 aliphatic rings. The van der Waals surface area contributed by atoms with Crippen LogP contribution in [0.25, 0.3) is 0 Å². The fraction of sp³-hybridized carbons (Fsp3) is 0.333. The predicted molar refractivity (Wildman–Crippen MR) is 104 cm³/mol. The third-order valence-corrected chi connectivity index (χ3v) is 5.00. The van der Waals surface area contributed by atoms with Gasteiger partial charge < -0.3 is 10.2 Å². The lowest BCUT2D eigenvalue weighted by Gasteiger charge is -2.23. The van der Waals surface area contributed by atoms with Crippen molar-refractivity contribution in [2.45, 2.75) is 13.0 Å². The first-order valence-corrected chi connectivity index (χ1v) is 10.0. The van der Waals surface area contributed by atoms with Gasteiger partial charge in [-0.1, -0.05) is 6.07 Å². The number of anilines is 2. The maximum atomic E-state index is 12.1. The number of sulfonamides is 1. The molecule has 1 amide bonds. The third kappa shape index (κ3) is 5.73. The first-order chi connectivity index (χ1) is 12.3. The molecule has 7 nitrogen and oxygen atoms in total. The summed E-state index contributed by atoms with van der Waals surface area (Å²) < 4.78 is 25.5. The number of nitrogens with one attached hydrogen (secondary N) is 1. The zero-order chi connectivity index (χ0) is 19.2. The van der Waals surface area contributed by atoms with Gasteiger partial charge in [0.15, 0.2) is 0 Å². The van der Waals surface area contributed by atoms with Crippen molar-refractivity contribution >= 4 is 27.3 Å². The van der Waals surface area contributed by atoms with E-state index in [2.05, 4.69) is 10.3 Å². The van der Waals surface area contributed by atoms with Gasteiger partial charge in [0.25, 0.3) is 0 Å². The van der Waals surface area contributed by atoms with Gasteiger partial charge in [-0.05, 0) is 35.9 Å². The van der Waals surface area contributed by atoms with E-state index in [0.29, 0.717) is 12.2 Å². The van der Waals surface area contributed by atoms with Crippen LogP contribution in [0.4, 0.5) is 11.4 Å². The Morgan fingerprint density at radius 1 is 1.12 bits per heavy atom. The summed E-state index contributed by atoms with van der Waals surface area (Å²) in [5.41, 5.74) is 2.40. The Morgan fingerprint density at radius 2 is 1.77 bits per heavy atom. The lowest BCUT2D eigenvalue weighted by Crippen LogP contribution is -2.34. The quantitative estimate of drug-likeness (QED) is 0.757. The van der Waals surface area contributed by atoms with E-state index in [1.54, 1.807) is 30.6 Å². The summed E-state index contributed by atoms with van der Waals surface area (Å²) in [5, 5.41) is 2.77. The molecular formula is C18H24N4O3S. The Morgan fingerprint density at radius 3 is 2.31 bits per heavy atom. The predicted octanol–water partition coefficient (Wildman–Crippen LogP) is 1.62. The molecule has 0 unspecified atom stereocenters. The summed E-state index contributed by atoms with van der Waals surface area (Å²) in [7, 11) is 0.341. The first kappa shape index (κ1) is 19.7. The molecule has 0 aliphatic carbocycles. The Balaban J connectivity index is 1.99. The van der Waals surface area contributed by atoms with Gasteiger partial charge in [0, 0.05) is 51.7 Å². The molecule has 0 bridgehead atoms. The average molecular weight is 376 g/mol. The molecular weight excluding hydrogens is 352 g/mol. The largest absolute Gasteiger partial charge is 0.378 e. The molecule has 0 spiro atoms.